The van der Waals surface area contributed by atoms with Gasteiger partial charge < -0.3 is 15.2 Å². The van der Waals surface area contributed by atoms with E-state index in [1.54, 1.807) is 24.3 Å². The first-order valence-electron chi connectivity index (χ1n) is 21.9. The summed E-state index contributed by atoms with van der Waals surface area (Å²) < 4.78 is 52.6. The van der Waals surface area contributed by atoms with Gasteiger partial charge in [-0.1, -0.05) is 133 Å². The Bertz CT molecular complexity index is 2680. The van der Waals surface area contributed by atoms with Crippen molar-refractivity contribution in [2.45, 2.75) is 110 Å². The minimum absolute atomic E-state index is 0. The monoisotopic (exact) mass is 977 g/mol. The standard InChI is InChI=1S/C30H33ClF3N3O2.C21H23ClN4O.ClH/c1-28(2,3)21-10-8-9-20(18-21)25-35-26(37-27(36-25)39-4)22-17-19(11-13-23(22)31)12-14-24(38)29(30(32,33)34)15-6-5-7-16-29;1-21(2,3)15-7-5-6-14(11-15)18-24-19(26-20(25-18)27-4)16-10-13(12-23)8-9-17(16)22;/h8-11,13,17-18H,5-7,12,14-16H2,1-4H3;5-11H,12,23H2,1-4H3;1H. The van der Waals surface area contributed by atoms with E-state index in [9.17, 15) is 18.0 Å². The zero-order valence-electron chi connectivity index (χ0n) is 39.0. The summed E-state index contributed by atoms with van der Waals surface area (Å²) in [5.74, 6) is 0.934. The SMILES string of the molecule is COc1nc(-c2cccc(C(C)(C)C)c2)nc(-c2cc(CCC(=O)C3(C(F)(F)F)CCCCC3)ccc2Cl)n1.COc1nc(-c2cccc(C(C)(C)C)c2)nc(-c2cc(CN)ccc2Cl)n1.Cl. The first-order chi connectivity index (χ1) is 31.1. The zero-order valence-corrected chi connectivity index (χ0v) is 41.4. The Labute approximate surface area is 407 Å². The van der Waals surface area contributed by atoms with Crippen molar-refractivity contribution < 1.29 is 27.4 Å². The van der Waals surface area contributed by atoms with Gasteiger partial charge in [0.05, 0.1) is 24.3 Å². The summed E-state index contributed by atoms with van der Waals surface area (Å²) in [5.41, 5.74) is 10.3. The van der Waals surface area contributed by atoms with Crippen LogP contribution in [0, 0.1) is 5.41 Å². The predicted octanol–water partition coefficient (Wildman–Crippen LogP) is 13.2. The van der Waals surface area contributed by atoms with Crippen molar-refractivity contribution in [2.24, 2.45) is 11.1 Å². The van der Waals surface area contributed by atoms with Crippen molar-refractivity contribution in [2.75, 3.05) is 14.2 Å². The highest BCUT2D eigenvalue weighted by atomic mass is 35.5. The van der Waals surface area contributed by atoms with Crippen LogP contribution in [0.15, 0.2) is 84.9 Å². The molecule has 0 radical (unpaired) electrons. The maximum absolute atomic E-state index is 14.0. The maximum atomic E-state index is 14.0. The van der Waals surface area contributed by atoms with Crippen LogP contribution in [-0.4, -0.2) is 56.1 Å². The molecule has 0 bridgehead atoms. The third-order valence-electron chi connectivity index (χ3n) is 11.8. The number of rotatable bonds is 11. The molecule has 0 unspecified atom stereocenters. The number of benzene rings is 4. The number of aromatic nitrogens is 6. The van der Waals surface area contributed by atoms with Crippen LogP contribution in [0.2, 0.25) is 10.0 Å². The minimum Gasteiger partial charge on any atom is -0.467 e. The summed E-state index contributed by atoms with van der Waals surface area (Å²) in [4.78, 5) is 39.9. The van der Waals surface area contributed by atoms with Crippen molar-refractivity contribution >= 4 is 41.4 Å². The van der Waals surface area contributed by atoms with E-state index in [0.717, 1.165) is 28.7 Å². The first kappa shape index (κ1) is 52.8. The van der Waals surface area contributed by atoms with E-state index in [1.807, 2.05) is 48.5 Å². The third-order valence-corrected chi connectivity index (χ3v) is 12.4. The van der Waals surface area contributed by atoms with Gasteiger partial charge in [-0.25, -0.2) is 9.97 Å². The Morgan fingerprint density at radius 3 is 1.48 bits per heavy atom. The van der Waals surface area contributed by atoms with Gasteiger partial charge in [-0.15, -0.1) is 12.4 Å². The molecule has 6 aromatic rings. The number of carbonyl (C=O) groups excluding carboxylic acids is 1. The molecule has 2 aromatic heterocycles. The normalized spacial score (nSPS) is 13.8. The highest BCUT2D eigenvalue weighted by Gasteiger charge is 2.58. The number of aryl methyl sites for hydroxylation is 1. The van der Waals surface area contributed by atoms with Crippen molar-refractivity contribution in [1.29, 1.82) is 0 Å². The van der Waals surface area contributed by atoms with Crippen LogP contribution < -0.4 is 15.2 Å². The molecule has 1 fully saturated rings. The highest BCUT2D eigenvalue weighted by Crippen LogP contribution is 2.50. The van der Waals surface area contributed by atoms with Crippen molar-refractivity contribution in [1.82, 2.24) is 29.9 Å². The topological polar surface area (TPSA) is 139 Å². The number of hydrogen-bond acceptors (Lipinski definition) is 10. The number of nitrogens with two attached hydrogens (primary N) is 1. The number of methoxy groups -OCH3 is 2. The lowest BCUT2D eigenvalue weighted by Gasteiger charge is -2.37. The zero-order chi connectivity index (χ0) is 48.0. The number of hydrogen-bond donors (Lipinski definition) is 1. The quantitative estimate of drug-likeness (QED) is 0.133. The highest BCUT2D eigenvalue weighted by molar-refractivity contribution is 6.33. The average Bonchev–Trinajstić information content (AvgIpc) is 3.30. The summed E-state index contributed by atoms with van der Waals surface area (Å²) in [6.45, 7) is 13.3. The predicted molar refractivity (Wildman–Crippen MR) is 262 cm³/mol. The smallest absolute Gasteiger partial charge is 0.401 e. The lowest BCUT2D eigenvalue weighted by Crippen LogP contribution is -2.46. The molecule has 0 spiro atoms. The van der Waals surface area contributed by atoms with Crippen LogP contribution in [0.3, 0.4) is 0 Å². The number of carbonyl (C=O) groups is 1. The maximum Gasteiger partial charge on any atom is 0.401 e. The van der Waals surface area contributed by atoms with Gasteiger partial charge in [0.2, 0.25) is 0 Å². The largest absolute Gasteiger partial charge is 0.467 e. The summed E-state index contributed by atoms with van der Waals surface area (Å²) in [6.07, 6.45) is -3.30. The molecule has 2 N–H and O–H groups in total. The first-order valence-corrected chi connectivity index (χ1v) is 22.6. The molecule has 16 heteroatoms. The molecule has 356 valence electrons. The molecule has 10 nitrogen and oxygen atoms in total. The second-order valence-corrected chi connectivity index (χ2v) is 19.3. The summed E-state index contributed by atoms with van der Waals surface area (Å²) in [5, 5.41) is 0.918. The van der Waals surface area contributed by atoms with Gasteiger partial charge in [0.1, 0.15) is 11.2 Å². The van der Waals surface area contributed by atoms with E-state index in [1.165, 1.54) is 19.8 Å². The second-order valence-electron chi connectivity index (χ2n) is 18.5. The lowest BCUT2D eigenvalue weighted by molar-refractivity contribution is -0.228. The van der Waals surface area contributed by atoms with Gasteiger partial charge in [-0.05, 0) is 88.7 Å². The van der Waals surface area contributed by atoms with E-state index in [-0.39, 0.29) is 66.8 Å². The van der Waals surface area contributed by atoms with Crippen molar-refractivity contribution in [3.63, 3.8) is 0 Å². The molecule has 0 amide bonds. The number of ketones is 1. The molecule has 67 heavy (non-hydrogen) atoms. The van der Waals surface area contributed by atoms with Crippen molar-refractivity contribution in [3.05, 3.63) is 117 Å². The molecule has 0 saturated heterocycles. The van der Waals surface area contributed by atoms with Crippen molar-refractivity contribution in [3.8, 4) is 57.6 Å². The summed E-state index contributed by atoms with van der Waals surface area (Å²) in [6, 6.07) is 27.1. The Morgan fingerprint density at radius 2 is 1.06 bits per heavy atom. The van der Waals surface area contributed by atoms with Gasteiger partial charge in [0.15, 0.2) is 23.3 Å². The number of halogens is 6. The summed E-state index contributed by atoms with van der Waals surface area (Å²) >= 11 is 12.9. The van der Waals surface area contributed by atoms with E-state index >= 15 is 0 Å². The van der Waals surface area contributed by atoms with Gasteiger partial charge in [0.25, 0.3) is 0 Å². The molecular weight excluding hydrogens is 922 g/mol. The second kappa shape index (κ2) is 21.8. The van der Waals surface area contributed by atoms with E-state index < -0.39 is 17.4 Å². The lowest BCUT2D eigenvalue weighted by atomic mass is 9.69. The van der Waals surface area contributed by atoms with Gasteiger partial charge >= 0.3 is 18.2 Å². The molecular formula is C51H57Cl3F3N7O3. The van der Waals surface area contributed by atoms with Crippen LogP contribution in [-0.2, 0) is 28.6 Å². The van der Waals surface area contributed by atoms with Crippen LogP contribution >= 0.6 is 35.6 Å². The molecule has 1 aliphatic carbocycles. The molecule has 7 rings (SSSR count). The van der Waals surface area contributed by atoms with E-state index in [2.05, 4.69) is 83.6 Å². The van der Waals surface area contributed by atoms with Crippen LogP contribution in [0.25, 0.3) is 45.6 Å². The summed E-state index contributed by atoms with van der Waals surface area (Å²) in [7, 11) is 2.99. The number of Topliss-reactive ketones (excluding diaryl/α,β-unsaturated/α-hetero) is 1. The minimum atomic E-state index is -4.54. The Balaban J connectivity index is 0.000000263. The molecule has 2 heterocycles. The Kier molecular flexibility index (Phi) is 17.2. The van der Waals surface area contributed by atoms with E-state index in [4.69, 9.17) is 38.4 Å². The van der Waals surface area contributed by atoms with Crippen LogP contribution in [0.1, 0.15) is 102 Å². The third kappa shape index (κ3) is 12.7. The average molecular weight is 979 g/mol. The number of ether oxygens (including phenoxy) is 2. The number of alkyl halides is 3. The van der Waals surface area contributed by atoms with Crippen LogP contribution in [0.4, 0.5) is 13.2 Å². The number of nitrogens with zero attached hydrogens (tertiary/aromatic N) is 6. The Morgan fingerprint density at radius 1 is 0.627 bits per heavy atom. The van der Waals surface area contributed by atoms with Gasteiger partial charge in [-0.3, -0.25) is 4.79 Å². The fourth-order valence-corrected chi connectivity index (χ4v) is 8.19. The Hall–Kier alpha value is -5.21. The molecule has 0 aliphatic heterocycles. The fourth-order valence-electron chi connectivity index (χ4n) is 7.79. The van der Waals surface area contributed by atoms with Crippen LogP contribution in [0.5, 0.6) is 12.0 Å². The fraction of sp³-hybridized carbons (Fsp3) is 0.392. The molecule has 0 atom stereocenters. The van der Waals surface area contributed by atoms with Gasteiger partial charge in [-0.2, -0.15) is 33.1 Å². The molecule has 4 aromatic carbocycles. The van der Waals surface area contributed by atoms with Gasteiger partial charge in [0, 0.05) is 35.2 Å². The molecule has 1 aliphatic rings. The van der Waals surface area contributed by atoms with E-state index in [0.29, 0.717) is 63.6 Å². The molecule has 1 saturated carbocycles.